The van der Waals surface area contributed by atoms with Crippen LogP contribution in [0.5, 0.6) is 0 Å². The van der Waals surface area contributed by atoms with Gasteiger partial charge in [0.1, 0.15) is 5.82 Å². The van der Waals surface area contributed by atoms with E-state index in [9.17, 15) is 4.39 Å². The number of rotatable bonds is 1. The van der Waals surface area contributed by atoms with Crippen LogP contribution in [-0.4, -0.2) is 12.6 Å². The molecular weight excluding hydrogens is 181 g/mol. The minimum absolute atomic E-state index is 0.101. The number of fused-ring (bicyclic) bond motifs is 1. The maximum absolute atomic E-state index is 13.4. The maximum atomic E-state index is 13.4. The molecule has 0 radical (unpaired) electrons. The summed E-state index contributed by atoms with van der Waals surface area (Å²) in [6.45, 7) is 2.44. The number of nitrogens with two attached hydrogens (primary N) is 1. The summed E-state index contributed by atoms with van der Waals surface area (Å²) in [6.07, 6.45) is 0.486. The third kappa shape index (κ3) is 1.53. The van der Waals surface area contributed by atoms with Gasteiger partial charge >= 0.3 is 0 Å². The lowest BCUT2D eigenvalue weighted by Crippen LogP contribution is -2.31. The third-order valence-corrected chi connectivity index (χ3v) is 2.59. The van der Waals surface area contributed by atoms with Gasteiger partial charge in [-0.05, 0) is 30.5 Å². The molecular formula is C11H14FNO. The van der Waals surface area contributed by atoms with Gasteiger partial charge in [0, 0.05) is 6.04 Å². The summed E-state index contributed by atoms with van der Waals surface area (Å²) >= 11 is 0. The average Bonchev–Trinajstić information content (AvgIpc) is 2.17. The fourth-order valence-corrected chi connectivity index (χ4v) is 1.92. The quantitative estimate of drug-likeness (QED) is 0.741. The van der Waals surface area contributed by atoms with Crippen LogP contribution >= 0.6 is 0 Å². The lowest BCUT2D eigenvalue weighted by molar-refractivity contribution is 0.0275. The Hall–Kier alpha value is -0.930. The van der Waals surface area contributed by atoms with Crippen molar-refractivity contribution in [1.29, 1.82) is 0 Å². The summed E-state index contributed by atoms with van der Waals surface area (Å²) in [5, 5.41) is 0. The van der Waals surface area contributed by atoms with E-state index in [1.54, 1.807) is 6.07 Å². The number of halogens is 1. The molecule has 0 saturated carbocycles. The first-order valence-electron chi connectivity index (χ1n) is 4.84. The Bertz CT molecular complexity index is 338. The van der Waals surface area contributed by atoms with Crippen LogP contribution in [0.1, 0.15) is 24.2 Å². The van der Waals surface area contributed by atoms with Gasteiger partial charge in [0.25, 0.3) is 0 Å². The van der Waals surface area contributed by atoms with Crippen molar-refractivity contribution in [3.63, 3.8) is 0 Å². The van der Waals surface area contributed by atoms with E-state index in [0.29, 0.717) is 13.0 Å². The minimum atomic E-state index is -0.158. The molecule has 0 saturated heterocycles. The minimum Gasteiger partial charge on any atom is -0.372 e. The zero-order chi connectivity index (χ0) is 10.1. The van der Waals surface area contributed by atoms with Crippen molar-refractivity contribution in [3.8, 4) is 0 Å². The predicted molar refractivity (Wildman–Crippen MR) is 52.4 cm³/mol. The molecule has 2 N–H and O–H groups in total. The normalized spacial score (nSPS) is 22.9. The van der Waals surface area contributed by atoms with Crippen LogP contribution < -0.4 is 5.73 Å². The number of ether oxygens (including phenoxy) is 1. The number of hydrogen-bond donors (Lipinski definition) is 1. The van der Waals surface area contributed by atoms with Crippen molar-refractivity contribution in [3.05, 3.63) is 35.1 Å². The highest BCUT2D eigenvalue weighted by Crippen LogP contribution is 2.30. The van der Waals surface area contributed by atoms with Crippen molar-refractivity contribution in [2.24, 2.45) is 5.73 Å². The van der Waals surface area contributed by atoms with E-state index in [1.165, 1.54) is 6.07 Å². The first-order valence-corrected chi connectivity index (χ1v) is 4.84. The molecule has 3 heteroatoms. The molecule has 1 heterocycles. The fraction of sp³-hybridized carbons (Fsp3) is 0.455. The van der Waals surface area contributed by atoms with Crippen LogP contribution in [0.3, 0.4) is 0 Å². The summed E-state index contributed by atoms with van der Waals surface area (Å²) in [5.74, 6) is -0.142. The summed E-state index contributed by atoms with van der Waals surface area (Å²) in [6, 6.07) is 4.99. The Labute approximate surface area is 82.9 Å². The van der Waals surface area contributed by atoms with Crippen molar-refractivity contribution in [2.45, 2.75) is 25.5 Å². The van der Waals surface area contributed by atoms with Crippen LogP contribution in [0.15, 0.2) is 18.2 Å². The summed E-state index contributed by atoms with van der Waals surface area (Å²) in [4.78, 5) is 0. The second kappa shape index (κ2) is 3.67. The molecule has 2 nitrogen and oxygen atoms in total. The maximum Gasteiger partial charge on any atom is 0.126 e. The lowest BCUT2D eigenvalue weighted by atomic mass is 9.94. The van der Waals surface area contributed by atoms with Gasteiger partial charge in [0.2, 0.25) is 0 Å². The Morgan fingerprint density at radius 1 is 1.57 bits per heavy atom. The van der Waals surface area contributed by atoms with Crippen LogP contribution in [0, 0.1) is 5.82 Å². The Morgan fingerprint density at radius 2 is 2.36 bits per heavy atom. The molecule has 76 valence electrons. The van der Waals surface area contributed by atoms with E-state index in [1.807, 2.05) is 13.0 Å². The van der Waals surface area contributed by atoms with Crippen LogP contribution in [0.2, 0.25) is 0 Å². The predicted octanol–water partition coefficient (Wildman–Crippen LogP) is 1.79. The molecule has 2 atom stereocenters. The first kappa shape index (κ1) is 9.62. The second-order valence-corrected chi connectivity index (χ2v) is 3.71. The third-order valence-electron chi connectivity index (χ3n) is 2.59. The molecule has 0 spiro atoms. The van der Waals surface area contributed by atoms with Crippen molar-refractivity contribution < 1.29 is 9.13 Å². The Morgan fingerprint density at radius 3 is 3.07 bits per heavy atom. The lowest BCUT2D eigenvalue weighted by Gasteiger charge is -2.28. The summed E-state index contributed by atoms with van der Waals surface area (Å²) in [7, 11) is 0. The second-order valence-electron chi connectivity index (χ2n) is 3.71. The Balaban J connectivity index is 2.44. The van der Waals surface area contributed by atoms with Crippen molar-refractivity contribution in [1.82, 2.24) is 0 Å². The SMILES string of the molecule is CC(N)C1OCCc2c(F)cccc21. The molecule has 2 rings (SSSR count). The van der Waals surface area contributed by atoms with Crippen LogP contribution in [0.25, 0.3) is 0 Å². The molecule has 0 aromatic heterocycles. The zero-order valence-electron chi connectivity index (χ0n) is 8.16. The highest BCUT2D eigenvalue weighted by atomic mass is 19.1. The van der Waals surface area contributed by atoms with Crippen LogP contribution in [0.4, 0.5) is 4.39 Å². The van der Waals surface area contributed by atoms with E-state index < -0.39 is 0 Å². The average molecular weight is 195 g/mol. The molecule has 14 heavy (non-hydrogen) atoms. The molecule has 0 bridgehead atoms. The molecule has 1 aromatic rings. The standard InChI is InChI=1S/C11H14FNO/c1-7(13)11-9-3-2-4-10(12)8(9)5-6-14-11/h2-4,7,11H,5-6,13H2,1H3. The molecule has 0 fully saturated rings. The molecule has 1 aromatic carbocycles. The summed E-state index contributed by atoms with van der Waals surface area (Å²) < 4.78 is 18.9. The van der Waals surface area contributed by atoms with Gasteiger partial charge in [-0.3, -0.25) is 0 Å². The monoisotopic (exact) mass is 195 g/mol. The van der Waals surface area contributed by atoms with Gasteiger partial charge < -0.3 is 10.5 Å². The van der Waals surface area contributed by atoms with Crippen molar-refractivity contribution in [2.75, 3.05) is 6.61 Å². The van der Waals surface area contributed by atoms with E-state index in [0.717, 1.165) is 11.1 Å². The van der Waals surface area contributed by atoms with Gasteiger partial charge in [-0.2, -0.15) is 0 Å². The van der Waals surface area contributed by atoms with Gasteiger partial charge in [0.15, 0.2) is 0 Å². The highest BCUT2D eigenvalue weighted by Gasteiger charge is 2.25. The van der Waals surface area contributed by atoms with E-state index >= 15 is 0 Å². The number of benzene rings is 1. The number of hydrogen-bond acceptors (Lipinski definition) is 2. The molecule has 1 aliphatic rings. The smallest absolute Gasteiger partial charge is 0.126 e. The van der Waals surface area contributed by atoms with Gasteiger partial charge in [-0.1, -0.05) is 12.1 Å². The van der Waals surface area contributed by atoms with Crippen molar-refractivity contribution >= 4 is 0 Å². The largest absolute Gasteiger partial charge is 0.372 e. The molecule has 2 unspecified atom stereocenters. The van der Waals surface area contributed by atoms with E-state index in [-0.39, 0.29) is 18.0 Å². The zero-order valence-corrected chi connectivity index (χ0v) is 8.16. The molecule has 0 aliphatic carbocycles. The first-order chi connectivity index (χ1) is 6.70. The topological polar surface area (TPSA) is 35.2 Å². The van der Waals surface area contributed by atoms with E-state index in [4.69, 9.17) is 10.5 Å². The molecule has 1 aliphatic heterocycles. The van der Waals surface area contributed by atoms with Gasteiger partial charge in [0.05, 0.1) is 12.7 Å². The Kier molecular flexibility index (Phi) is 2.52. The van der Waals surface area contributed by atoms with Gasteiger partial charge in [-0.25, -0.2) is 4.39 Å². The summed E-state index contributed by atoms with van der Waals surface area (Å²) in [5.41, 5.74) is 7.46. The van der Waals surface area contributed by atoms with E-state index in [2.05, 4.69) is 0 Å². The molecule has 0 amide bonds. The van der Waals surface area contributed by atoms with Gasteiger partial charge in [-0.15, -0.1) is 0 Å². The van der Waals surface area contributed by atoms with Crippen LogP contribution in [-0.2, 0) is 11.2 Å². The highest BCUT2D eigenvalue weighted by molar-refractivity contribution is 5.33. The fourth-order valence-electron chi connectivity index (χ4n) is 1.92.